The van der Waals surface area contributed by atoms with E-state index in [0.29, 0.717) is 17.5 Å². The van der Waals surface area contributed by atoms with E-state index in [1.165, 1.54) is 6.07 Å². The summed E-state index contributed by atoms with van der Waals surface area (Å²) in [6.45, 7) is 5.81. The second-order valence-corrected chi connectivity index (χ2v) is 11.2. The maximum absolute atomic E-state index is 15.1. The van der Waals surface area contributed by atoms with Gasteiger partial charge in [-0.05, 0) is 62.8 Å². The monoisotopic (exact) mass is 502 g/mol. The van der Waals surface area contributed by atoms with Crippen molar-refractivity contribution in [1.29, 1.82) is 0 Å². The number of thiophene rings is 1. The molecule has 6 heteroatoms. The van der Waals surface area contributed by atoms with Crippen LogP contribution in [0, 0.1) is 25.6 Å². The van der Waals surface area contributed by atoms with Crippen LogP contribution in [0.5, 0.6) is 0 Å². The number of Topliss-reactive ketones (excluding diaryl/α,β-unsaturated/α-hetero) is 2. The lowest BCUT2D eigenvalue weighted by molar-refractivity contribution is 0.0944. The lowest BCUT2D eigenvalue weighted by Crippen LogP contribution is -2.22. The maximum Gasteiger partial charge on any atom is 0.173 e. The van der Waals surface area contributed by atoms with E-state index < -0.39 is 5.82 Å². The zero-order chi connectivity index (χ0) is 25.4. The van der Waals surface area contributed by atoms with Gasteiger partial charge in [-0.1, -0.05) is 37.6 Å². The maximum atomic E-state index is 15.1. The summed E-state index contributed by atoms with van der Waals surface area (Å²) in [5, 5.41) is 0. The molecule has 0 bridgehead atoms. The van der Waals surface area contributed by atoms with E-state index in [0.717, 1.165) is 52.4 Å². The van der Waals surface area contributed by atoms with E-state index in [4.69, 9.17) is 4.98 Å². The number of hydrogen-bond donors (Lipinski definition) is 0. The fourth-order valence-corrected chi connectivity index (χ4v) is 6.35. The molecule has 2 aromatic carbocycles. The van der Waals surface area contributed by atoms with Gasteiger partial charge in [0.1, 0.15) is 11.6 Å². The van der Waals surface area contributed by atoms with Gasteiger partial charge in [-0.3, -0.25) is 9.59 Å². The molecule has 0 amide bonds. The minimum atomic E-state index is -0.498. The van der Waals surface area contributed by atoms with Crippen LogP contribution in [0.3, 0.4) is 0 Å². The highest BCUT2D eigenvalue weighted by Gasteiger charge is 2.30. The van der Waals surface area contributed by atoms with Crippen LogP contribution in [0.1, 0.15) is 82.0 Å². The molecule has 1 aliphatic carbocycles. The van der Waals surface area contributed by atoms with E-state index >= 15 is 4.39 Å². The van der Waals surface area contributed by atoms with Crippen molar-refractivity contribution in [3.05, 3.63) is 75.2 Å². The van der Waals surface area contributed by atoms with Crippen LogP contribution in [-0.4, -0.2) is 21.1 Å². The van der Waals surface area contributed by atoms with Gasteiger partial charge in [-0.2, -0.15) is 0 Å². The molecule has 0 N–H and O–H groups in total. The van der Waals surface area contributed by atoms with Crippen LogP contribution in [-0.2, 0) is 0 Å². The lowest BCUT2D eigenvalue weighted by atomic mass is 9.82. The highest BCUT2D eigenvalue weighted by molar-refractivity contribution is 7.14. The molecule has 0 radical (unpaired) electrons. The summed E-state index contributed by atoms with van der Waals surface area (Å²) in [7, 11) is 0. The zero-order valence-corrected chi connectivity index (χ0v) is 21.8. The number of benzene rings is 2. The summed E-state index contributed by atoms with van der Waals surface area (Å²) in [5.74, 6) is 0.562. The summed E-state index contributed by atoms with van der Waals surface area (Å²) in [6.07, 6.45) is 4.60. The van der Waals surface area contributed by atoms with Gasteiger partial charge in [-0.15, -0.1) is 11.3 Å². The highest BCUT2D eigenvalue weighted by atomic mass is 32.1. The first-order chi connectivity index (χ1) is 17.4. The van der Waals surface area contributed by atoms with Crippen molar-refractivity contribution in [2.24, 2.45) is 5.92 Å². The van der Waals surface area contributed by atoms with Gasteiger partial charge in [0, 0.05) is 35.4 Å². The molecule has 0 unspecified atom stereocenters. The fourth-order valence-electron chi connectivity index (χ4n) is 5.53. The third-order valence-electron chi connectivity index (χ3n) is 7.40. The van der Waals surface area contributed by atoms with E-state index in [1.54, 1.807) is 24.3 Å². The largest absolute Gasteiger partial charge is 0.321 e. The highest BCUT2D eigenvalue weighted by Crippen LogP contribution is 2.41. The molecule has 1 aliphatic rings. The summed E-state index contributed by atoms with van der Waals surface area (Å²) in [4.78, 5) is 32.2. The predicted octanol–water partition coefficient (Wildman–Crippen LogP) is 8.12. The minimum Gasteiger partial charge on any atom is -0.321 e. The molecule has 2 heterocycles. The van der Waals surface area contributed by atoms with Gasteiger partial charge in [0.2, 0.25) is 0 Å². The Kier molecular flexibility index (Phi) is 6.89. The first kappa shape index (κ1) is 24.6. The number of carbonyl (C=O) groups is 2. The first-order valence-corrected chi connectivity index (χ1v) is 13.6. The van der Waals surface area contributed by atoms with Crippen molar-refractivity contribution in [3.63, 3.8) is 0 Å². The van der Waals surface area contributed by atoms with Gasteiger partial charge in [0.15, 0.2) is 11.6 Å². The predicted molar refractivity (Wildman–Crippen MR) is 143 cm³/mol. The average molecular weight is 503 g/mol. The van der Waals surface area contributed by atoms with E-state index in [-0.39, 0.29) is 35.5 Å². The minimum absolute atomic E-state index is 0.101. The standard InChI is InChI=1S/C30H31FN2O2S/c1-4-27(34)23-16-25-26(17-24(23)31)33(30(32-25)22-11-6-5-8-18(22)2)21-10-7-9-20(14-21)15-28(35)29-13-12-19(3)36-29/h5-6,8,11-13,16-17,20-21H,4,7,9-10,14-15H2,1-3H3/t20-,21+/m1/s1. The number of nitrogens with zero attached hydrogens (tertiary/aromatic N) is 2. The second-order valence-electron chi connectivity index (χ2n) is 9.94. The summed E-state index contributed by atoms with van der Waals surface area (Å²) < 4.78 is 17.3. The number of aromatic nitrogens is 2. The Hall–Kier alpha value is -3.12. The molecule has 2 aromatic heterocycles. The summed E-state index contributed by atoms with van der Waals surface area (Å²) in [5.41, 5.74) is 3.55. The summed E-state index contributed by atoms with van der Waals surface area (Å²) >= 11 is 1.56. The summed E-state index contributed by atoms with van der Waals surface area (Å²) in [6, 6.07) is 15.2. The van der Waals surface area contributed by atoms with Crippen molar-refractivity contribution >= 4 is 33.9 Å². The van der Waals surface area contributed by atoms with Gasteiger partial charge in [-0.25, -0.2) is 9.37 Å². The molecule has 4 aromatic rings. The van der Waals surface area contributed by atoms with Crippen LogP contribution in [0.2, 0.25) is 0 Å². The van der Waals surface area contributed by atoms with Crippen LogP contribution in [0.4, 0.5) is 4.39 Å². The van der Waals surface area contributed by atoms with Crippen molar-refractivity contribution < 1.29 is 14.0 Å². The Morgan fingerprint density at radius 1 is 1.08 bits per heavy atom. The lowest BCUT2D eigenvalue weighted by Gasteiger charge is -2.31. The molecule has 1 fully saturated rings. The average Bonchev–Trinajstić information content (AvgIpc) is 3.47. The van der Waals surface area contributed by atoms with E-state index in [1.807, 2.05) is 37.3 Å². The van der Waals surface area contributed by atoms with Crippen LogP contribution in [0.15, 0.2) is 48.5 Å². The number of carbonyl (C=O) groups excluding carboxylic acids is 2. The Bertz CT molecular complexity index is 1450. The zero-order valence-electron chi connectivity index (χ0n) is 21.0. The normalized spacial score (nSPS) is 18.0. The number of halogens is 1. The van der Waals surface area contributed by atoms with Gasteiger partial charge in [0.25, 0.3) is 0 Å². The number of aryl methyl sites for hydroxylation is 2. The number of rotatable bonds is 7. The molecular formula is C30H31FN2O2S. The van der Waals surface area contributed by atoms with Crippen LogP contribution >= 0.6 is 11.3 Å². The molecule has 2 atom stereocenters. The molecule has 4 nitrogen and oxygen atoms in total. The topological polar surface area (TPSA) is 52.0 Å². The molecule has 1 saturated carbocycles. The van der Waals surface area contributed by atoms with Gasteiger partial charge in [0.05, 0.1) is 21.5 Å². The Labute approximate surface area is 215 Å². The van der Waals surface area contributed by atoms with Crippen LogP contribution < -0.4 is 0 Å². The van der Waals surface area contributed by atoms with E-state index in [2.05, 4.69) is 17.6 Å². The van der Waals surface area contributed by atoms with Crippen molar-refractivity contribution in [2.75, 3.05) is 0 Å². The molecule has 0 aliphatic heterocycles. The molecule has 36 heavy (non-hydrogen) atoms. The second kappa shape index (κ2) is 10.1. The van der Waals surface area contributed by atoms with Crippen molar-refractivity contribution in [1.82, 2.24) is 9.55 Å². The fraction of sp³-hybridized carbons (Fsp3) is 0.367. The number of imidazole rings is 1. The van der Waals surface area contributed by atoms with Gasteiger partial charge < -0.3 is 4.57 Å². The molecule has 0 spiro atoms. The van der Waals surface area contributed by atoms with E-state index in [9.17, 15) is 9.59 Å². The smallest absolute Gasteiger partial charge is 0.173 e. The number of hydrogen-bond acceptors (Lipinski definition) is 4. The number of ketones is 2. The first-order valence-electron chi connectivity index (χ1n) is 12.8. The third-order valence-corrected chi connectivity index (χ3v) is 8.44. The van der Waals surface area contributed by atoms with Crippen molar-refractivity contribution in [2.45, 2.75) is 65.3 Å². The SMILES string of the molecule is CCC(=O)c1cc2nc(-c3ccccc3C)n([C@H]3CCC[C@@H](CC(=O)c4ccc(C)s4)C3)c2cc1F. The molecule has 0 saturated heterocycles. The van der Waals surface area contributed by atoms with Crippen LogP contribution in [0.25, 0.3) is 22.4 Å². The Morgan fingerprint density at radius 2 is 1.89 bits per heavy atom. The Morgan fingerprint density at radius 3 is 2.61 bits per heavy atom. The third kappa shape index (κ3) is 4.66. The molecular weight excluding hydrogens is 471 g/mol. The van der Waals surface area contributed by atoms with Crippen molar-refractivity contribution in [3.8, 4) is 11.4 Å². The molecule has 5 rings (SSSR count). The quantitative estimate of drug-likeness (QED) is 0.240. The Balaban J connectivity index is 1.55. The van der Waals surface area contributed by atoms with Gasteiger partial charge >= 0.3 is 0 Å². The molecule has 186 valence electrons. The number of fused-ring (bicyclic) bond motifs is 1.